The van der Waals surface area contributed by atoms with Gasteiger partial charge in [0, 0.05) is 5.56 Å². The van der Waals surface area contributed by atoms with Crippen LogP contribution in [0.2, 0.25) is 0 Å². The highest BCUT2D eigenvalue weighted by atomic mass is 79.9. The fraction of sp³-hybridized carbons (Fsp3) is 0.273. The van der Waals surface area contributed by atoms with Crippen molar-refractivity contribution in [2.24, 2.45) is 5.10 Å². The summed E-state index contributed by atoms with van der Waals surface area (Å²) in [6.07, 6.45) is 1.39. The molecule has 12 heteroatoms. The summed E-state index contributed by atoms with van der Waals surface area (Å²) in [6.45, 7) is 1.51. The molecule has 0 bridgehead atoms. The molecule has 0 saturated heterocycles. The quantitative estimate of drug-likeness (QED) is 0.268. The van der Waals surface area contributed by atoms with E-state index in [9.17, 15) is 14.4 Å². The number of hydrazone groups is 1. The highest BCUT2D eigenvalue weighted by Crippen LogP contribution is 2.36. The van der Waals surface area contributed by atoms with Crippen LogP contribution < -0.4 is 29.7 Å². The third kappa shape index (κ3) is 6.61. The summed E-state index contributed by atoms with van der Waals surface area (Å²) in [5.74, 6) is 0.238. The van der Waals surface area contributed by atoms with E-state index in [4.69, 9.17) is 23.7 Å². The summed E-state index contributed by atoms with van der Waals surface area (Å²) in [6, 6.07) is 8.02. The number of halogens is 1. The molecule has 0 spiro atoms. The summed E-state index contributed by atoms with van der Waals surface area (Å²) >= 11 is 3.36. The monoisotopic (exact) mass is 535 g/mol. The van der Waals surface area contributed by atoms with Gasteiger partial charge in [0.15, 0.2) is 29.6 Å². The van der Waals surface area contributed by atoms with Gasteiger partial charge in [0.1, 0.15) is 0 Å². The number of fused-ring (bicyclic) bond motifs is 1. The number of carbonyl (C=O) groups is 3. The van der Waals surface area contributed by atoms with Gasteiger partial charge in [-0.25, -0.2) is 10.2 Å². The molecular formula is C22H22BrN3O8. The maximum atomic E-state index is 12.2. The van der Waals surface area contributed by atoms with E-state index in [0.29, 0.717) is 38.6 Å². The van der Waals surface area contributed by atoms with Crippen molar-refractivity contribution >= 4 is 39.9 Å². The van der Waals surface area contributed by atoms with Crippen molar-refractivity contribution < 1.29 is 38.1 Å². The molecule has 0 aliphatic carbocycles. The Hall–Kier alpha value is -3.80. The summed E-state index contributed by atoms with van der Waals surface area (Å²) in [4.78, 5) is 35.8. The number of ether oxygens (including phenoxy) is 5. The molecule has 2 N–H and O–H groups in total. The lowest BCUT2D eigenvalue weighted by atomic mass is 10.2. The fourth-order valence-corrected chi connectivity index (χ4v) is 3.38. The number of carbonyl (C=O) groups excluding carboxylic acids is 3. The third-order valence-electron chi connectivity index (χ3n) is 4.34. The lowest BCUT2D eigenvalue weighted by Gasteiger charge is -2.13. The van der Waals surface area contributed by atoms with Crippen LogP contribution in [0.25, 0.3) is 0 Å². The summed E-state index contributed by atoms with van der Waals surface area (Å²) < 4.78 is 26.6. The lowest BCUT2D eigenvalue weighted by Crippen LogP contribution is -2.34. The number of esters is 1. The first-order valence-corrected chi connectivity index (χ1v) is 10.9. The fourth-order valence-electron chi connectivity index (χ4n) is 2.81. The first-order chi connectivity index (χ1) is 16.4. The van der Waals surface area contributed by atoms with Crippen LogP contribution >= 0.6 is 15.9 Å². The molecule has 0 atom stereocenters. The number of nitrogens with zero attached hydrogens (tertiary/aromatic N) is 1. The molecule has 1 heterocycles. The van der Waals surface area contributed by atoms with Gasteiger partial charge in [-0.3, -0.25) is 9.59 Å². The van der Waals surface area contributed by atoms with E-state index in [1.165, 1.54) is 13.3 Å². The van der Waals surface area contributed by atoms with Crippen molar-refractivity contribution in [3.8, 4) is 23.0 Å². The molecule has 2 aromatic rings. The Balaban J connectivity index is 1.51. The molecule has 0 saturated carbocycles. The van der Waals surface area contributed by atoms with E-state index in [0.717, 1.165) is 0 Å². The first-order valence-electron chi connectivity index (χ1n) is 10.1. The Morgan fingerprint density at radius 2 is 1.97 bits per heavy atom. The van der Waals surface area contributed by atoms with Gasteiger partial charge in [-0.2, -0.15) is 5.10 Å². The van der Waals surface area contributed by atoms with Crippen LogP contribution in [0.5, 0.6) is 23.0 Å². The maximum absolute atomic E-state index is 12.2. The largest absolute Gasteiger partial charge is 0.493 e. The number of nitrogens with one attached hydrogen (secondary N) is 2. The second kappa shape index (κ2) is 11.9. The molecular weight excluding hydrogens is 514 g/mol. The minimum atomic E-state index is -0.522. The number of benzene rings is 2. The Kier molecular flexibility index (Phi) is 8.68. The van der Waals surface area contributed by atoms with E-state index in [1.54, 1.807) is 37.3 Å². The van der Waals surface area contributed by atoms with Gasteiger partial charge < -0.3 is 29.0 Å². The molecule has 1 aliphatic heterocycles. The number of methoxy groups -OCH3 is 1. The molecule has 34 heavy (non-hydrogen) atoms. The van der Waals surface area contributed by atoms with Crippen LogP contribution in [0.1, 0.15) is 22.8 Å². The van der Waals surface area contributed by atoms with Crippen molar-refractivity contribution in [1.82, 2.24) is 10.7 Å². The normalized spacial score (nSPS) is 11.7. The van der Waals surface area contributed by atoms with Crippen LogP contribution in [0, 0.1) is 0 Å². The zero-order valence-corrected chi connectivity index (χ0v) is 20.0. The van der Waals surface area contributed by atoms with Gasteiger partial charge in [-0.05, 0) is 58.7 Å². The Morgan fingerprint density at radius 1 is 1.18 bits per heavy atom. The Bertz CT molecular complexity index is 1110. The van der Waals surface area contributed by atoms with Crippen molar-refractivity contribution in [1.29, 1.82) is 0 Å². The molecule has 0 unspecified atom stereocenters. The van der Waals surface area contributed by atoms with Crippen LogP contribution in [0.3, 0.4) is 0 Å². The second-order valence-electron chi connectivity index (χ2n) is 6.67. The molecule has 0 aromatic heterocycles. The van der Waals surface area contributed by atoms with Crippen molar-refractivity contribution in [3.63, 3.8) is 0 Å². The van der Waals surface area contributed by atoms with Crippen molar-refractivity contribution in [3.05, 3.63) is 45.9 Å². The van der Waals surface area contributed by atoms with Gasteiger partial charge in [0.25, 0.3) is 11.8 Å². The third-order valence-corrected chi connectivity index (χ3v) is 4.93. The average Bonchev–Trinajstić information content (AvgIpc) is 3.29. The molecule has 0 fully saturated rings. The summed E-state index contributed by atoms with van der Waals surface area (Å²) in [7, 11) is 1.45. The summed E-state index contributed by atoms with van der Waals surface area (Å²) in [5.41, 5.74) is 3.24. The second-order valence-corrected chi connectivity index (χ2v) is 7.53. The molecule has 2 amide bonds. The maximum Gasteiger partial charge on any atom is 0.344 e. The summed E-state index contributed by atoms with van der Waals surface area (Å²) in [5, 5.41) is 6.38. The van der Waals surface area contributed by atoms with Gasteiger partial charge in [-0.15, -0.1) is 0 Å². The molecule has 0 radical (unpaired) electrons. The van der Waals surface area contributed by atoms with E-state index >= 15 is 0 Å². The van der Waals surface area contributed by atoms with Crippen molar-refractivity contribution in [2.45, 2.75) is 6.92 Å². The predicted octanol–water partition coefficient (Wildman–Crippen LogP) is 2.01. The van der Waals surface area contributed by atoms with E-state index in [1.807, 2.05) is 0 Å². The molecule has 2 aromatic carbocycles. The van der Waals surface area contributed by atoms with Gasteiger partial charge >= 0.3 is 5.97 Å². The van der Waals surface area contributed by atoms with Crippen molar-refractivity contribution in [2.75, 3.05) is 33.7 Å². The minimum absolute atomic E-state index is 0.104. The van der Waals surface area contributed by atoms with E-state index in [-0.39, 0.29) is 26.6 Å². The van der Waals surface area contributed by atoms with Crippen LogP contribution in [0.4, 0.5) is 0 Å². The minimum Gasteiger partial charge on any atom is -0.493 e. The number of hydrogen-bond acceptors (Lipinski definition) is 9. The van der Waals surface area contributed by atoms with Gasteiger partial charge in [-0.1, -0.05) is 0 Å². The van der Waals surface area contributed by atoms with Crippen LogP contribution in [-0.2, 0) is 14.3 Å². The van der Waals surface area contributed by atoms with Crippen LogP contribution in [-0.4, -0.2) is 57.7 Å². The zero-order chi connectivity index (χ0) is 24.5. The lowest BCUT2D eigenvalue weighted by molar-refractivity contribution is -0.145. The molecule has 180 valence electrons. The number of hydrogen-bond donors (Lipinski definition) is 2. The highest BCUT2D eigenvalue weighted by Gasteiger charge is 2.17. The zero-order valence-electron chi connectivity index (χ0n) is 18.4. The number of amides is 2. The van der Waals surface area contributed by atoms with E-state index in [2.05, 4.69) is 31.8 Å². The molecule has 1 aliphatic rings. The van der Waals surface area contributed by atoms with Crippen LogP contribution in [0.15, 0.2) is 39.9 Å². The topological polar surface area (TPSA) is 134 Å². The molecule has 11 nitrogen and oxygen atoms in total. The Morgan fingerprint density at radius 3 is 2.74 bits per heavy atom. The smallest absolute Gasteiger partial charge is 0.344 e. The SMILES string of the molecule is CCOC(=O)COc1c(Br)cc(/C=N/NC(=O)CNC(=O)c2ccc3c(c2)OCO3)cc1OC. The first kappa shape index (κ1) is 24.8. The Labute approximate surface area is 203 Å². The molecule has 3 rings (SSSR count). The van der Waals surface area contributed by atoms with Gasteiger partial charge in [0.2, 0.25) is 6.79 Å². The standard InChI is InChI=1S/C22H22BrN3O8/c1-3-31-20(28)11-32-21-15(23)6-13(7-18(21)30-2)9-25-26-19(27)10-24-22(29)14-4-5-16-17(8-14)34-12-33-16/h4-9H,3,10-12H2,1-2H3,(H,24,29)(H,26,27)/b25-9+. The van der Waals surface area contributed by atoms with Gasteiger partial charge in [0.05, 0.1) is 30.9 Å². The number of rotatable bonds is 10. The highest BCUT2D eigenvalue weighted by molar-refractivity contribution is 9.10. The predicted molar refractivity (Wildman–Crippen MR) is 123 cm³/mol. The van der Waals surface area contributed by atoms with E-state index < -0.39 is 17.8 Å². The average molecular weight is 536 g/mol.